The normalized spacial score (nSPS) is 11.7. The molecule has 0 aliphatic carbocycles. The number of aromatic nitrogens is 3. The molecule has 1 heterocycles. The van der Waals surface area contributed by atoms with Crippen molar-refractivity contribution in [2.24, 2.45) is 0 Å². The summed E-state index contributed by atoms with van der Waals surface area (Å²) in [7, 11) is -0.788. The molecule has 130 valence electrons. The second kappa shape index (κ2) is 7.38. The highest BCUT2D eigenvalue weighted by atomic mass is 35.5. The predicted octanol–water partition coefficient (Wildman–Crippen LogP) is 1.02. The highest BCUT2D eigenvalue weighted by Gasteiger charge is 2.19. The van der Waals surface area contributed by atoms with Crippen LogP contribution in [0.4, 0.5) is 11.6 Å². The molecule has 2 rings (SSSR count). The van der Waals surface area contributed by atoms with Gasteiger partial charge in [-0.1, -0.05) is 23.4 Å². The lowest BCUT2D eigenvalue weighted by atomic mass is 10.3. The first kappa shape index (κ1) is 18.5. The average molecular weight is 391 g/mol. The Morgan fingerprint density at radius 2 is 2.17 bits per heavy atom. The zero-order valence-corrected chi connectivity index (χ0v) is 15.2. The summed E-state index contributed by atoms with van der Waals surface area (Å²) in [5, 5.41) is 9.37. The van der Waals surface area contributed by atoms with Gasteiger partial charge in [0.15, 0.2) is 0 Å². The molecule has 9 nitrogen and oxygen atoms in total. The first-order valence-electron chi connectivity index (χ1n) is 6.53. The van der Waals surface area contributed by atoms with Crippen LogP contribution in [0.25, 0.3) is 0 Å². The second-order valence-corrected chi connectivity index (χ2v) is 8.27. The van der Waals surface area contributed by atoms with Gasteiger partial charge in [-0.05, 0) is 18.2 Å². The van der Waals surface area contributed by atoms with Gasteiger partial charge in [-0.3, -0.25) is 4.79 Å². The molecule has 0 bridgehead atoms. The molecule has 1 amide bonds. The Labute approximate surface area is 148 Å². The Morgan fingerprint density at radius 3 is 2.75 bits per heavy atom. The van der Waals surface area contributed by atoms with Crippen LogP contribution in [0, 0.1) is 0 Å². The van der Waals surface area contributed by atoms with Gasteiger partial charge in [0.25, 0.3) is 0 Å². The highest BCUT2D eigenvalue weighted by molar-refractivity contribution is 7.99. The van der Waals surface area contributed by atoms with E-state index < -0.39 is 10.0 Å². The number of aromatic amines is 1. The quantitative estimate of drug-likeness (QED) is 0.627. The minimum atomic E-state index is -3.62. The lowest BCUT2D eigenvalue weighted by molar-refractivity contribution is -0.113. The zero-order valence-electron chi connectivity index (χ0n) is 12.8. The summed E-state index contributed by atoms with van der Waals surface area (Å²) in [4.78, 5) is 15.9. The van der Waals surface area contributed by atoms with Crippen molar-refractivity contribution in [3.8, 4) is 0 Å². The lowest BCUT2D eigenvalue weighted by Crippen LogP contribution is -2.22. The van der Waals surface area contributed by atoms with Crippen LogP contribution >= 0.6 is 23.4 Å². The summed E-state index contributed by atoms with van der Waals surface area (Å²) in [6, 6.07) is 4.10. The summed E-state index contributed by atoms with van der Waals surface area (Å²) in [6.45, 7) is 0. The molecule has 1 aromatic heterocycles. The fourth-order valence-corrected chi connectivity index (χ4v) is 3.31. The molecule has 2 aromatic rings. The molecule has 0 radical (unpaired) electrons. The Hall–Kier alpha value is -1.82. The molecule has 4 N–H and O–H groups in total. The number of thioether (sulfide) groups is 1. The van der Waals surface area contributed by atoms with Crippen LogP contribution in [0.3, 0.4) is 0 Å². The Bertz CT molecular complexity index is 852. The standard InChI is InChI=1S/C12H15ClN6O3S2/c1-19(2)24(21,22)7-3-4-8(13)9(5-7)15-10(20)6-23-12-16-11(14)17-18-12/h3-5H,6H2,1-2H3,(H,15,20)(H3,14,16,17,18). The highest BCUT2D eigenvalue weighted by Crippen LogP contribution is 2.26. The van der Waals surface area contributed by atoms with Gasteiger partial charge < -0.3 is 11.1 Å². The average Bonchev–Trinajstić information content (AvgIpc) is 2.92. The van der Waals surface area contributed by atoms with E-state index in [4.69, 9.17) is 17.3 Å². The van der Waals surface area contributed by atoms with Crippen LogP contribution in [0.15, 0.2) is 28.3 Å². The molecule has 0 fully saturated rings. The van der Waals surface area contributed by atoms with Crippen LogP contribution in [-0.4, -0.2) is 53.7 Å². The van der Waals surface area contributed by atoms with E-state index in [1.807, 2.05) is 0 Å². The number of nitrogens with one attached hydrogen (secondary N) is 2. The van der Waals surface area contributed by atoms with E-state index in [0.717, 1.165) is 16.1 Å². The summed E-state index contributed by atoms with van der Waals surface area (Å²) in [6.07, 6.45) is 0. The van der Waals surface area contributed by atoms with Gasteiger partial charge in [0.2, 0.25) is 27.0 Å². The minimum Gasteiger partial charge on any atom is -0.368 e. The molecule has 0 aliphatic heterocycles. The molecule has 0 aliphatic rings. The van der Waals surface area contributed by atoms with Crippen molar-refractivity contribution in [1.82, 2.24) is 19.5 Å². The van der Waals surface area contributed by atoms with Gasteiger partial charge in [-0.25, -0.2) is 17.8 Å². The maximum atomic E-state index is 12.1. The van der Waals surface area contributed by atoms with Crippen LogP contribution in [-0.2, 0) is 14.8 Å². The Balaban J connectivity index is 2.10. The first-order valence-corrected chi connectivity index (χ1v) is 9.33. The molecule has 24 heavy (non-hydrogen) atoms. The SMILES string of the molecule is CN(C)S(=O)(=O)c1ccc(Cl)c(NC(=O)CSc2n[nH]c(N)n2)c1. The number of anilines is 2. The van der Waals surface area contributed by atoms with Crippen LogP contribution in [0.5, 0.6) is 0 Å². The van der Waals surface area contributed by atoms with Crippen LogP contribution in [0.2, 0.25) is 5.02 Å². The lowest BCUT2D eigenvalue weighted by Gasteiger charge is -2.13. The number of sulfonamides is 1. The minimum absolute atomic E-state index is 0.0122. The summed E-state index contributed by atoms with van der Waals surface area (Å²) in [5.41, 5.74) is 5.60. The molecule has 12 heteroatoms. The maximum Gasteiger partial charge on any atom is 0.242 e. The van der Waals surface area contributed by atoms with E-state index in [0.29, 0.717) is 5.16 Å². The van der Waals surface area contributed by atoms with E-state index in [-0.39, 0.29) is 33.2 Å². The number of benzene rings is 1. The van der Waals surface area contributed by atoms with Gasteiger partial charge in [-0.15, -0.1) is 5.10 Å². The number of carbonyl (C=O) groups excluding carboxylic acids is 1. The predicted molar refractivity (Wildman–Crippen MR) is 92.5 cm³/mol. The number of carbonyl (C=O) groups is 1. The summed E-state index contributed by atoms with van der Waals surface area (Å²) < 4.78 is 25.3. The smallest absolute Gasteiger partial charge is 0.242 e. The zero-order chi connectivity index (χ0) is 17.9. The number of nitrogen functional groups attached to an aromatic ring is 1. The molecule has 1 aromatic carbocycles. The van der Waals surface area contributed by atoms with Crippen molar-refractivity contribution in [2.75, 3.05) is 30.9 Å². The number of H-pyrrole nitrogens is 1. The van der Waals surface area contributed by atoms with Crippen molar-refractivity contribution in [2.45, 2.75) is 10.1 Å². The molecular weight excluding hydrogens is 376 g/mol. The van der Waals surface area contributed by atoms with Gasteiger partial charge >= 0.3 is 0 Å². The van der Waals surface area contributed by atoms with Crippen LogP contribution in [0.1, 0.15) is 0 Å². The largest absolute Gasteiger partial charge is 0.368 e. The number of hydrogen-bond donors (Lipinski definition) is 3. The number of amides is 1. The maximum absolute atomic E-state index is 12.1. The number of nitrogens with zero attached hydrogens (tertiary/aromatic N) is 3. The van der Waals surface area contributed by atoms with Gasteiger partial charge in [0.1, 0.15) is 0 Å². The monoisotopic (exact) mass is 390 g/mol. The van der Waals surface area contributed by atoms with E-state index >= 15 is 0 Å². The Morgan fingerprint density at radius 1 is 1.46 bits per heavy atom. The van der Waals surface area contributed by atoms with Crippen LogP contribution < -0.4 is 11.1 Å². The molecule has 0 saturated carbocycles. The Kier molecular flexibility index (Phi) is 5.70. The van der Waals surface area contributed by atoms with Crippen molar-refractivity contribution in [1.29, 1.82) is 0 Å². The third-order valence-corrected chi connectivity index (χ3v) is 5.79. The van der Waals surface area contributed by atoms with E-state index in [1.165, 1.54) is 32.3 Å². The summed E-state index contributed by atoms with van der Waals surface area (Å²) >= 11 is 7.09. The van der Waals surface area contributed by atoms with E-state index in [2.05, 4.69) is 20.5 Å². The molecular formula is C12H15ClN6O3S2. The second-order valence-electron chi connectivity index (χ2n) is 4.77. The van der Waals surface area contributed by atoms with Crippen molar-refractivity contribution < 1.29 is 13.2 Å². The summed E-state index contributed by atoms with van der Waals surface area (Å²) in [5.74, 6) is -0.217. The fourth-order valence-electron chi connectivity index (χ4n) is 1.61. The topological polar surface area (TPSA) is 134 Å². The number of hydrogen-bond acceptors (Lipinski definition) is 7. The third kappa shape index (κ3) is 4.38. The molecule has 0 unspecified atom stereocenters. The number of rotatable bonds is 6. The van der Waals surface area contributed by atoms with E-state index in [9.17, 15) is 13.2 Å². The molecule has 0 saturated heterocycles. The third-order valence-electron chi connectivity index (χ3n) is 2.81. The van der Waals surface area contributed by atoms with Gasteiger partial charge in [0.05, 0.1) is 21.4 Å². The van der Waals surface area contributed by atoms with E-state index in [1.54, 1.807) is 0 Å². The number of nitrogens with two attached hydrogens (primary N) is 1. The van der Waals surface area contributed by atoms with Crippen molar-refractivity contribution in [3.63, 3.8) is 0 Å². The van der Waals surface area contributed by atoms with Crippen molar-refractivity contribution >= 4 is 50.9 Å². The van der Waals surface area contributed by atoms with Crippen molar-refractivity contribution in [3.05, 3.63) is 23.2 Å². The fraction of sp³-hybridized carbons (Fsp3) is 0.250. The van der Waals surface area contributed by atoms with Gasteiger partial charge in [0, 0.05) is 14.1 Å². The first-order chi connectivity index (χ1) is 11.2. The molecule has 0 spiro atoms. The van der Waals surface area contributed by atoms with Gasteiger partial charge in [-0.2, -0.15) is 4.98 Å². The number of halogens is 1. The molecule has 0 atom stereocenters.